The summed E-state index contributed by atoms with van der Waals surface area (Å²) >= 11 is 3.29. The lowest BCUT2D eigenvalue weighted by molar-refractivity contribution is 0.206. The molecule has 0 saturated carbocycles. The van der Waals surface area contributed by atoms with Gasteiger partial charge >= 0.3 is 0 Å². The Hall–Kier alpha value is -0.540. The Labute approximate surface area is 92.7 Å². The van der Waals surface area contributed by atoms with E-state index in [4.69, 9.17) is 0 Å². The van der Waals surface area contributed by atoms with Crippen LogP contribution in [0, 0.1) is 0 Å². The highest BCUT2D eigenvalue weighted by Crippen LogP contribution is 2.27. The molecule has 2 nitrogen and oxygen atoms in total. The Kier molecular flexibility index (Phi) is 3.08. The number of fused-ring (bicyclic) bond motifs is 1. The summed E-state index contributed by atoms with van der Waals surface area (Å²) in [5.74, 6) is 0. The molecule has 0 fully saturated rings. The first-order valence-electron chi connectivity index (χ1n) is 4.88. The summed E-state index contributed by atoms with van der Waals surface area (Å²) in [5.41, 5.74) is 2.68. The molecule has 1 aliphatic heterocycles. The fraction of sp³-hybridized carbons (Fsp3) is 0.455. The molecule has 14 heavy (non-hydrogen) atoms. The smallest absolute Gasteiger partial charge is 0.0811 e. The second-order valence-electron chi connectivity index (χ2n) is 3.63. The number of hydrogen-bond acceptors (Lipinski definition) is 2. The van der Waals surface area contributed by atoms with Gasteiger partial charge in [-0.1, -0.05) is 34.1 Å². The van der Waals surface area contributed by atoms with Gasteiger partial charge in [-0.25, -0.2) is 0 Å². The Morgan fingerprint density at radius 2 is 2.21 bits per heavy atom. The minimum absolute atomic E-state index is 0.277. The van der Waals surface area contributed by atoms with Crippen molar-refractivity contribution in [2.24, 2.45) is 0 Å². The summed E-state index contributed by atoms with van der Waals surface area (Å²) in [5, 5.41) is 10.2. The second-order valence-corrected chi connectivity index (χ2v) is 4.28. The number of nitrogens with zero attached hydrogens (tertiary/aromatic N) is 1. The normalized spacial score (nSPS) is 16.9. The number of halogens is 1. The average Bonchev–Trinajstić information content (AvgIpc) is 2.62. The third-order valence-corrected chi connectivity index (χ3v) is 3.34. The molecule has 0 saturated heterocycles. The number of β-amino-alcohol motifs (C(OH)–C–C–N with tert-alkyl or cyclic N) is 1. The molecule has 0 spiro atoms. The topological polar surface area (TPSA) is 23.5 Å². The zero-order valence-electron chi connectivity index (χ0n) is 7.99. The van der Waals surface area contributed by atoms with Gasteiger partial charge in [-0.05, 0) is 18.1 Å². The van der Waals surface area contributed by atoms with Crippen molar-refractivity contribution in [3.05, 3.63) is 29.8 Å². The summed E-state index contributed by atoms with van der Waals surface area (Å²) in [6.45, 7) is 1.76. The number of para-hydroxylation sites is 1. The predicted octanol–water partition coefficient (Wildman–Crippen LogP) is 1.80. The van der Waals surface area contributed by atoms with Crippen LogP contribution in [-0.4, -0.2) is 29.6 Å². The lowest BCUT2D eigenvalue weighted by atomic mass is 10.2. The number of alkyl halides is 1. The Morgan fingerprint density at radius 1 is 1.43 bits per heavy atom. The molecule has 2 rings (SSSR count). The van der Waals surface area contributed by atoms with Crippen molar-refractivity contribution < 1.29 is 5.11 Å². The first-order chi connectivity index (χ1) is 6.81. The van der Waals surface area contributed by atoms with Gasteiger partial charge in [0.05, 0.1) is 6.10 Å². The zero-order chi connectivity index (χ0) is 9.97. The van der Waals surface area contributed by atoms with Gasteiger partial charge in [0, 0.05) is 24.1 Å². The first kappa shape index (κ1) is 9.99. The molecule has 1 aromatic carbocycles. The molecule has 1 aromatic rings. The van der Waals surface area contributed by atoms with Gasteiger partial charge < -0.3 is 10.0 Å². The van der Waals surface area contributed by atoms with Crippen molar-refractivity contribution in [2.45, 2.75) is 12.5 Å². The molecule has 1 atom stereocenters. The fourth-order valence-electron chi connectivity index (χ4n) is 1.90. The van der Waals surface area contributed by atoms with Crippen LogP contribution in [0.4, 0.5) is 5.69 Å². The summed E-state index contributed by atoms with van der Waals surface area (Å²) in [6.07, 6.45) is 0.826. The van der Waals surface area contributed by atoms with Crippen LogP contribution >= 0.6 is 15.9 Å². The molecule has 0 amide bonds. The van der Waals surface area contributed by atoms with Crippen molar-refractivity contribution in [3.8, 4) is 0 Å². The van der Waals surface area contributed by atoms with Crippen molar-refractivity contribution in [3.63, 3.8) is 0 Å². The van der Waals surface area contributed by atoms with Crippen LogP contribution in [0.5, 0.6) is 0 Å². The maximum Gasteiger partial charge on any atom is 0.0811 e. The van der Waals surface area contributed by atoms with Gasteiger partial charge in [0.15, 0.2) is 0 Å². The number of hydrogen-bond donors (Lipinski definition) is 1. The van der Waals surface area contributed by atoms with Crippen LogP contribution < -0.4 is 4.90 Å². The maximum atomic E-state index is 9.56. The highest BCUT2D eigenvalue weighted by Gasteiger charge is 2.19. The maximum absolute atomic E-state index is 9.56. The Balaban J connectivity index is 2.10. The quantitative estimate of drug-likeness (QED) is 0.834. The molecule has 0 aromatic heterocycles. The van der Waals surface area contributed by atoms with E-state index in [1.807, 2.05) is 0 Å². The van der Waals surface area contributed by atoms with Gasteiger partial charge in [0.25, 0.3) is 0 Å². The molecule has 76 valence electrons. The van der Waals surface area contributed by atoms with E-state index in [0.29, 0.717) is 5.33 Å². The SMILES string of the molecule is OC(CBr)CN1CCc2ccccc21. The lowest BCUT2D eigenvalue weighted by Gasteiger charge is -2.21. The molecule has 0 radical (unpaired) electrons. The largest absolute Gasteiger partial charge is 0.390 e. The minimum Gasteiger partial charge on any atom is -0.390 e. The third kappa shape index (κ3) is 1.93. The van der Waals surface area contributed by atoms with E-state index >= 15 is 0 Å². The lowest BCUT2D eigenvalue weighted by Crippen LogP contribution is -2.31. The molecule has 0 aliphatic carbocycles. The van der Waals surface area contributed by atoms with E-state index in [1.54, 1.807) is 0 Å². The molecule has 0 bridgehead atoms. The van der Waals surface area contributed by atoms with Crippen LogP contribution in [-0.2, 0) is 6.42 Å². The van der Waals surface area contributed by atoms with Crippen molar-refractivity contribution in [1.82, 2.24) is 0 Å². The molecule has 1 heterocycles. The number of aliphatic hydroxyl groups excluding tert-OH is 1. The molecule has 1 unspecified atom stereocenters. The van der Waals surface area contributed by atoms with Crippen molar-refractivity contribution in [2.75, 3.05) is 23.3 Å². The van der Waals surface area contributed by atoms with Gasteiger partial charge in [-0.15, -0.1) is 0 Å². The molecule has 1 N–H and O–H groups in total. The van der Waals surface area contributed by atoms with Crippen LogP contribution in [0.15, 0.2) is 24.3 Å². The average molecular weight is 256 g/mol. The van der Waals surface area contributed by atoms with E-state index in [-0.39, 0.29) is 6.10 Å². The second kappa shape index (κ2) is 4.32. The predicted molar refractivity (Wildman–Crippen MR) is 62.2 cm³/mol. The van der Waals surface area contributed by atoms with Crippen LogP contribution in [0.1, 0.15) is 5.56 Å². The van der Waals surface area contributed by atoms with Crippen LogP contribution in [0.2, 0.25) is 0 Å². The van der Waals surface area contributed by atoms with E-state index in [9.17, 15) is 5.11 Å². The number of anilines is 1. The van der Waals surface area contributed by atoms with E-state index in [2.05, 4.69) is 45.1 Å². The Morgan fingerprint density at radius 3 is 3.00 bits per heavy atom. The monoisotopic (exact) mass is 255 g/mol. The van der Waals surface area contributed by atoms with Gasteiger partial charge in [0.1, 0.15) is 0 Å². The Bertz CT molecular complexity index is 316. The van der Waals surface area contributed by atoms with E-state index in [1.165, 1.54) is 11.3 Å². The fourth-order valence-corrected chi connectivity index (χ4v) is 2.10. The van der Waals surface area contributed by atoms with Gasteiger partial charge in [-0.2, -0.15) is 0 Å². The summed E-state index contributed by atoms with van der Waals surface area (Å²) in [7, 11) is 0. The standard InChI is InChI=1S/C11H14BrNO/c12-7-10(14)8-13-6-5-9-3-1-2-4-11(9)13/h1-4,10,14H,5-8H2. The van der Waals surface area contributed by atoms with E-state index < -0.39 is 0 Å². The van der Waals surface area contributed by atoms with Crippen LogP contribution in [0.25, 0.3) is 0 Å². The highest BCUT2D eigenvalue weighted by molar-refractivity contribution is 9.09. The summed E-state index contributed by atoms with van der Waals surface area (Å²) < 4.78 is 0. The summed E-state index contributed by atoms with van der Waals surface area (Å²) in [6, 6.07) is 8.42. The number of aliphatic hydroxyl groups is 1. The van der Waals surface area contributed by atoms with Crippen LogP contribution in [0.3, 0.4) is 0 Å². The first-order valence-corrected chi connectivity index (χ1v) is 6.00. The molecule has 1 aliphatic rings. The molecular weight excluding hydrogens is 242 g/mol. The van der Waals surface area contributed by atoms with Crippen molar-refractivity contribution >= 4 is 21.6 Å². The minimum atomic E-state index is -0.277. The van der Waals surface area contributed by atoms with E-state index in [0.717, 1.165) is 19.5 Å². The third-order valence-electron chi connectivity index (χ3n) is 2.59. The number of benzene rings is 1. The summed E-state index contributed by atoms with van der Waals surface area (Å²) in [4.78, 5) is 2.25. The highest BCUT2D eigenvalue weighted by atomic mass is 79.9. The number of rotatable bonds is 3. The molecular formula is C11H14BrNO. The van der Waals surface area contributed by atoms with Gasteiger partial charge in [-0.3, -0.25) is 0 Å². The van der Waals surface area contributed by atoms with Gasteiger partial charge in [0.2, 0.25) is 0 Å². The molecule has 3 heteroatoms. The van der Waals surface area contributed by atoms with Crippen molar-refractivity contribution in [1.29, 1.82) is 0 Å². The zero-order valence-corrected chi connectivity index (χ0v) is 9.57.